The van der Waals surface area contributed by atoms with E-state index < -0.39 is 0 Å². The number of nitrogens with one attached hydrogen (secondary N) is 2. The summed E-state index contributed by atoms with van der Waals surface area (Å²) in [6, 6.07) is 7.40. The topological polar surface area (TPSA) is 76.4 Å². The summed E-state index contributed by atoms with van der Waals surface area (Å²) < 4.78 is 10.9. The van der Waals surface area contributed by atoms with Gasteiger partial charge in [-0.15, -0.1) is 0 Å². The van der Waals surface area contributed by atoms with E-state index >= 15 is 0 Å². The molecule has 0 fully saturated rings. The third-order valence-electron chi connectivity index (χ3n) is 3.41. The molecule has 23 heavy (non-hydrogen) atoms. The van der Waals surface area contributed by atoms with Gasteiger partial charge in [-0.2, -0.15) is 0 Å². The number of nitrogens with zero attached hydrogens (tertiary/aromatic N) is 1. The van der Waals surface area contributed by atoms with E-state index in [0.717, 1.165) is 29.2 Å². The van der Waals surface area contributed by atoms with Crippen LogP contribution >= 0.6 is 0 Å². The lowest BCUT2D eigenvalue weighted by Gasteiger charge is -2.05. The standard InChI is InChI=1S/C17H23N3O3/c1-4-10-18-17(21)19-11-9-15-12(2)23-16(20-15)13-5-7-14(22-3)8-6-13/h5-8H,4,9-11H2,1-3H3,(H2,18,19,21). The average molecular weight is 317 g/mol. The van der Waals surface area contributed by atoms with Crippen LogP contribution in [0.5, 0.6) is 5.75 Å². The molecule has 0 bridgehead atoms. The number of carbonyl (C=O) groups is 1. The summed E-state index contributed by atoms with van der Waals surface area (Å²) in [6.07, 6.45) is 1.55. The molecule has 0 atom stereocenters. The lowest BCUT2D eigenvalue weighted by molar-refractivity contribution is 0.241. The number of hydrogen-bond acceptors (Lipinski definition) is 4. The summed E-state index contributed by atoms with van der Waals surface area (Å²) in [5, 5.41) is 5.58. The number of methoxy groups -OCH3 is 1. The minimum Gasteiger partial charge on any atom is -0.497 e. The number of rotatable bonds is 7. The van der Waals surface area contributed by atoms with Crippen LogP contribution in [0.1, 0.15) is 24.8 Å². The van der Waals surface area contributed by atoms with Crippen molar-refractivity contribution in [3.63, 3.8) is 0 Å². The smallest absolute Gasteiger partial charge is 0.314 e. The second-order valence-electron chi connectivity index (χ2n) is 5.18. The van der Waals surface area contributed by atoms with E-state index in [4.69, 9.17) is 9.15 Å². The Kier molecular flexibility index (Phi) is 6.02. The molecule has 0 saturated carbocycles. The lowest BCUT2D eigenvalue weighted by Crippen LogP contribution is -2.36. The zero-order valence-corrected chi connectivity index (χ0v) is 13.8. The molecular formula is C17H23N3O3. The molecule has 2 aromatic rings. The van der Waals surface area contributed by atoms with Crippen molar-refractivity contribution in [2.45, 2.75) is 26.7 Å². The van der Waals surface area contributed by atoms with Gasteiger partial charge in [-0.3, -0.25) is 0 Å². The summed E-state index contributed by atoms with van der Waals surface area (Å²) in [5.74, 6) is 2.14. The van der Waals surface area contributed by atoms with Crippen LogP contribution in [-0.2, 0) is 6.42 Å². The molecule has 6 nitrogen and oxygen atoms in total. The highest BCUT2D eigenvalue weighted by Crippen LogP contribution is 2.24. The molecule has 0 aliphatic rings. The number of hydrogen-bond donors (Lipinski definition) is 2. The van der Waals surface area contributed by atoms with Gasteiger partial charge in [-0.25, -0.2) is 9.78 Å². The number of aromatic nitrogens is 1. The molecule has 0 unspecified atom stereocenters. The first kappa shape index (κ1) is 16.9. The van der Waals surface area contributed by atoms with Crippen molar-refractivity contribution >= 4 is 6.03 Å². The maximum absolute atomic E-state index is 11.5. The number of amides is 2. The fourth-order valence-corrected chi connectivity index (χ4v) is 2.11. The summed E-state index contributed by atoms with van der Waals surface area (Å²) in [4.78, 5) is 16.0. The van der Waals surface area contributed by atoms with Crippen LogP contribution in [0.15, 0.2) is 28.7 Å². The molecule has 1 heterocycles. The quantitative estimate of drug-likeness (QED) is 0.823. The minimum atomic E-state index is -0.150. The van der Waals surface area contributed by atoms with Crippen LogP contribution in [0, 0.1) is 6.92 Å². The number of carbonyl (C=O) groups excluding carboxylic acids is 1. The summed E-state index contributed by atoms with van der Waals surface area (Å²) >= 11 is 0. The molecule has 1 aromatic heterocycles. The molecule has 124 valence electrons. The molecule has 0 radical (unpaired) electrons. The predicted molar refractivity (Wildman–Crippen MR) is 88.6 cm³/mol. The SMILES string of the molecule is CCCNC(=O)NCCc1nc(-c2ccc(OC)cc2)oc1C. The Labute approximate surface area is 136 Å². The monoisotopic (exact) mass is 317 g/mol. The van der Waals surface area contributed by atoms with Crippen LogP contribution < -0.4 is 15.4 Å². The highest BCUT2D eigenvalue weighted by Gasteiger charge is 2.11. The first-order valence-electron chi connectivity index (χ1n) is 7.76. The minimum absolute atomic E-state index is 0.150. The normalized spacial score (nSPS) is 10.4. The Morgan fingerprint density at radius 2 is 1.91 bits per heavy atom. The van der Waals surface area contributed by atoms with Gasteiger partial charge in [0.2, 0.25) is 5.89 Å². The van der Waals surface area contributed by atoms with Gasteiger partial charge in [-0.05, 0) is 37.6 Å². The van der Waals surface area contributed by atoms with Gasteiger partial charge >= 0.3 is 6.03 Å². The highest BCUT2D eigenvalue weighted by atomic mass is 16.5. The van der Waals surface area contributed by atoms with Crippen molar-refractivity contribution in [2.24, 2.45) is 0 Å². The second kappa shape index (κ2) is 8.22. The predicted octanol–water partition coefficient (Wildman–Crippen LogP) is 2.91. The van der Waals surface area contributed by atoms with Gasteiger partial charge in [0.1, 0.15) is 11.5 Å². The van der Waals surface area contributed by atoms with Gasteiger partial charge in [0.05, 0.1) is 12.8 Å². The zero-order chi connectivity index (χ0) is 16.7. The largest absolute Gasteiger partial charge is 0.497 e. The van der Waals surface area contributed by atoms with Crippen molar-refractivity contribution < 1.29 is 13.9 Å². The van der Waals surface area contributed by atoms with Gasteiger partial charge in [0.25, 0.3) is 0 Å². The van der Waals surface area contributed by atoms with Crippen LogP contribution in [0.2, 0.25) is 0 Å². The van der Waals surface area contributed by atoms with Crippen molar-refractivity contribution in [1.82, 2.24) is 15.6 Å². The van der Waals surface area contributed by atoms with Gasteiger partial charge in [0.15, 0.2) is 0 Å². The van der Waals surface area contributed by atoms with E-state index in [1.54, 1.807) is 7.11 Å². The van der Waals surface area contributed by atoms with E-state index in [9.17, 15) is 4.79 Å². The number of benzene rings is 1. The van der Waals surface area contributed by atoms with Crippen LogP contribution in [-0.4, -0.2) is 31.2 Å². The maximum Gasteiger partial charge on any atom is 0.314 e. The number of aryl methyl sites for hydroxylation is 1. The maximum atomic E-state index is 11.5. The Bertz CT molecular complexity index is 635. The van der Waals surface area contributed by atoms with E-state index in [-0.39, 0.29) is 6.03 Å². The zero-order valence-electron chi connectivity index (χ0n) is 13.8. The first-order valence-corrected chi connectivity index (χ1v) is 7.76. The fraction of sp³-hybridized carbons (Fsp3) is 0.412. The van der Waals surface area contributed by atoms with E-state index in [0.29, 0.717) is 25.4 Å². The van der Waals surface area contributed by atoms with Crippen molar-refractivity contribution in [3.05, 3.63) is 35.7 Å². The molecule has 6 heteroatoms. The summed E-state index contributed by atoms with van der Waals surface area (Å²) in [6.45, 7) is 5.09. The molecule has 2 amide bonds. The first-order chi connectivity index (χ1) is 11.1. The number of urea groups is 1. The third-order valence-corrected chi connectivity index (χ3v) is 3.41. The van der Waals surface area contributed by atoms with Gasteiger partial charge in [-0.1, -0.05) is 6.92 Å². The Morgan fingerprint density at radius 1 is 1.22 bits per heavy atom. The van der Waals surface area contributed by atoms with E-state index in [1.807, 2.05) is 38.1 Å². The van der Waals surface area contributed by atoms with Crippen LogP contribution in [0.25, 0.3) is 11.5 Å². The molecule has 0 spiro atoms. The molecule has 0 aliphatic carbocycles. The Hall–Kier alpha value is -2.50. The van der Waals surface area contributed by atoms with Crippen molar-refractivity contribution in [2.75, 3.05) is 20.2 Å². The van der Waals surface area contributed by atoms with Gasteiger partial charge < -0.3 is 19.8 Å². The number of ether oxygens (including phenoxy) is 1. The Morgan fingerprint density at radius 3 is 2.57 bits per heavy atom. The second-order valence-corrected chi connectivity index (χ2v) is 5.18. The van der Waals surface area contributed by atoms with Crippen molar-refractivity contribution in [1.29, 1.82) is 0 Å². The molecule has 0 aliphatic heterocycles. The van der Waals surface area contributed by atoms with Crippen LogP contribution in [0.3, 0.4) is 0 Å². The van der Waals surface area contributed by atoms with Crippen LogP contribution in [0.4, 0.5) is 4.79 Å². The van der Waals surface area contributed by atoms with Crippen molar-refractivity contribution in [3.8, 4) is 17.2 Å². The van der Waals surface area contributed by atoms with Gasteiger partial charge in [0, 0.05) is 25.1 Å². The average Bonchev–Trinajstić information content (AvgIpc) is 2.94. The third kappa shape index (κ3) is 4.74. The molecule has 0 saturated heterocycles. The summed E-state index contributed by atoms with van der Waals surface area (Å²) in [5.41, 5.74) is 1.75. The number of oxazole rings is 1. The summed E-state index contributed by atoms with van der Waals surface area (Å²) in [7, 11) is 1.63. The fourth-order valence-electron chi connectivity index (χ4n) is 2.11. The van der Waals surface area contributed by atoms with E-state index in [2.05, 4.69) is 15.6 Å². The molecule has 2 N–H and O–H groups in total. The molecule has 1 aromatic carbocycles. The lowest BCUT2D eigenvalue weighted by atomic mass is 10.2. The Balaban J connectivity index is 1.93. The molecule has 2 rings (SSSR count). The van der Waals surface area contributed by atoms with E-state index in [1.165, 1.54) is 0 Å². The molecular weight excluding hydrogens is 294 g/mol. The highest BCUT2D eigenvalue weighted by molar-refractivity contribution is 5.73.